The molecule has 0 saturated heterocycles. The third kappa shape index (κ3) is 3.02. The Kier molecular flexibility index (Phi) is 4.37. The maximum absolute atomic E-state index is 5.81. The first-order valence-electron chi connectivity index (χ1n) is 7.65. The molecule has 2 nitrogen and oxygen atoms in total. The fourth-order valence-corrected chi connectivity index (χ4v) is 3.42. The van der Waals surface area contributed by atoms with E-state index in [2.05, 4.69) is 66.0 Å². The van der Waals surface area contributed by atoms with Crippen LogP contribution in [0.15, 0.2) is 60.7 Å². The second-order valence-corrected chi connectivity index (χ2v) is 5.80. The van der Waals surface area contributed by atoms with Gasteiger partial charge in [0.25, 0.3) is 0 Å². The zero-order valence-corrected chi connectivity index (χ0v) is 12.7. The van der Waals surface area contributed by atoms with Gasteiger partial charge in [0.2, 0.25) is 0 Å². The van der Waals surface area contributed by atoms with E-state index in [1.807, 2.05) is 14.2 Å². The number of rotatable bonds is 6. The van der Waals surface area contributed by atoms with Crippen LogP contribution in [0.4, 0.5) is 0 Å². The van der Waals surface area contributed by atoms with Crippen molar-refractivity contribution in [3.63, 3.8) is 0 Å². The van der Waals surface area contributed by atoms with Crippen molar-refractivity contribution in [1.82, 2.24) is 5.32 Å². The van der Waals surface area contributed by atoms with Crippen LogP contribution in [-0.2, 0) is 4.74 Å². The van der Waals surface area contributed by atoms with Gasteiger partial charge in [-0.1, -0.05) is 60.7 Å². The van der Waals surface area contributed by atoms with E-state index in [1.165, 1.54) is 17.5 Å². The van der Waals surface area contributed by atoms with Crippen molar-refractivity contribution in [3.8, 4) is 0 Å². The summed E-state index contributed by atoms with van der Waals surface area (Å²) in [5.41, 5.74) is 2.70. The zero-order valence-electron chi connectivity index (χ0n) is 12.7. The Balaban J connectivity index is 1.77. The summed E-state index contributed by atoms with van der Waals surface area (Å²) < 4.78 is 5.81. The van der Waals surface area contributed by atoms with Crippen LogP contribution in [0, 0.1) is 5.92 Å². The monoisotopic (exact) mass is 281 g/mol. The summed E-state index contributed by atoms with van der Waals surface area (Å²) in [6.07, 6.45) is 1.34. The number of benzene rings is 2. The van der Waals surface area contributed by atoms with Crippen molar-refractivity contribution in [1.29, 1.82) is 0 Å². The van der Waals surface area contributed by atoms with E-state index in [-0.39, 0.29) is 6.10 Å². The van der Waals surface area contributed by atoms with Crippen LogP contribution >= 0.6 is 0 Å². The van der Waals surface area contributed by atoms with Crippen LogP contribution in [0.2, 0.25) is 0 Å². The van der Waals surface area contributed by atoms with Gasteiger partial charge in [0.1, 0.15) is 0 Å². The Morgan fingerprint density at radius 1 is 1.00 bits per heavy atom. The largest absolute Gasteiger partial charge is 0.375 e. The predicted octanol–water partition coefficient (Wildman–Crippen LogP) is 3.77. The van der Waals surface area contributed by atoms with Gasteiger partial charge in [-0.2, -0.15) is 0 Å². The van der Waals surface area contributed by atoms with Crippen LogP contribution in [0.1, 0.15) is 29.6 Å². The van der Waals surface area contributed by atoms with E-state index in [4.69, 9.17) is 4.74 Å². The third-order valence-electron chi connectivity index (χ3n) is 4.57. The maximum Gasteiger partial charge on any atom is 0.0976 e. The van der Waals surface area contributed by atoms with Crippen molar-refractivity contribution in [2.45, 2.75) is 24.5 Å². The molecule has 0 bridgehead atoms. The maximum atomic E-state index is 5.81. The molecular weight excluding hydrogens is 258 g/mol. The highest BCUT2D eigenvalue weighted by atomic mass is 16.5. The van der Waals surface area contributed by atoms with Gasteiger partial charge in [-0.3, -0.25) is 0 Å². The van der Waals surface area contributed by atoms with E-state index in [1.54, 1.807) is 0 Å². The summed E-state index contributed by atoms with van der Waals surface area (Å²) in [6, 6.07) is 21.7. The first kappa shape index (κ1) is 14.3. The van der Waals surface area contributed by atoms with Crippen LogP contribution in [0.3, 0.4) is 0 Å². The molecule has 0 radical (unpaired) electrons. The highest BCUT2D eigenvalue weighted by molar-refractivity contribution is 5.28. The second-order valence-electron chi connectivity index (χ2n) is 5.80. The molecular formula is C19H23NO. The van der Waals surface area contributed by atoms with Crippen molar-refractivity contribution < 1.29 is 4.74 Å². The Hall–Kier alpha value is -1.64. The Morgan fingerprint density at radius 3 is 2.19 bits per heavy atom. The fraction of sp³-hybridized carbons (Fsp3) is 0.368. The lowest BCUT2D eigenvalue weighted by atomic mass is 9.96. The molecule has 3 rings (SSSR count). The average Bonchev–Trinajstić information content (AvgIpc) is 3.34. The number of hydrogen-bond acceptors (Lipinski definition) is 2. The molecule has 1 N–H and O–H groups in total. The summed E-state index contributed by atoms with van der Waals surface area (Å²) >= 11 is 0. The lowest BCUT2D eigenvalue weighted by molar-refractivity contribution is 0.0624. The van der Waals surface area contributed by atoms with Crippen molar-refractivity contribution in [2.24, 2.45) is 5.92 Å². The van der Waals surface area contributed by atoms with Gasteiger partial charge in [-0.25, -0.2) is 0 Å². The Morgan fingerprint density at radius 2 is 1.62 bits per heavy atom. The summed E-state index contributed by atoms with van der Waals surface area (Å²) in [4.78, 5) is 0. The van der Waals surface area contributed by atoms with Gasteiger partial charge in [0, 0.05) is 13.2 Å². The minimum absolute atomic E-state index is 0.106. The van der Waals surface area contributed by atoms with Crippen LogP contribution in [-0.4, -0.2) is 20.2 Å². The molecule has 110 valence electrons. The zero-order chi connectivity index (χ0) is 14.7. The van der Waals surface area contributed by atoms with Crippen LogP contribution < -0.4 is 5.32 Å². The van der Waals surface area contributed by atoms with E-state index in [9.17, 15) is 0 Å². The van der Waals surface area contributed by atoms with Gasteiger partial charge in [-0.15, -0.1) is 0 Å². The molecule has 2 aromatic carbocycles. The molecule has 21 heavy (non-hydrogen) atoms. The molecule has 4 unspecified atom stereocenters. The van der Waals surface area contributed by atoms with Crippen LogP contribution in [0.5, 0.6) is 0 Å². The number of nitrogens with one attached hydrogen (secondary N) is 1. The summed E-state index contributed by atoms with van der Waals surface area (Å²) in [6.45, 7) is 0. The average molecular weight is 281 g/mol. The highest BCUT2D eigenvalue weighted by Gasteiger charge is 2.46. The van der Waals surface area contributed by atoms with E-state index < -0.39 is 0 Å². The second kappa shape index (κ2) is 6.42. The number of likely N-dealkylation sites (N-methyl/N-ethyl adjacent to an activating group) is 1. The molecule has 0 amide bonds. The van der Waals surface area contributed by atoms with Crippen molar-refractivity contribution in [3.05, 3.63) is 71.8 Å². The van der Waals surface area contributed by atoms with E-state index in [0.717, 1.165) is 0 Å². The molecule has 0 heterocycles. The van der Waals surface area contributed by atoms with Crippen LogP contribution in [0.25, 0.3) is 0 Å². The molecule has 0 aliphatic heterocycles. The number of methoxy groups -OCH3 is 1. The van der Waals surface area contributed by atoms with Gasteiger partial charge in [-0.05, 0) is 36.4 Å². The summed E-state index contributed by atoms with van der Waals surface area (Å²) in [7, 11) is 3.85. The van der Waals surface area contributed by atoms with Gasteiger partial charge < -0.3 is 10.1 Å². The fourth-order valence-electron chi connectivity index (χ4n) is 3.42. The molecule has 4 atom stereocenters. The minimum atomic E-state index is 0.106. The quantitative estimate of drug-likeness (QED) is 0.870. The standard InChI is InChI=1S/C19H23NO/c1-20-18(19(21-2)15-11-7-4-8-12-15)17-13-16(17)14-9-5-3-6-10-14/h3-12,16-20H,13H2,1-2H3. The molecule has 2 aromatic rings. The van der Waals surface area contributed by atoms with Gasteiger partial charge in [0.15, 0.2) is 0 Å². The lowest BCUT2D eigenvalue weighted by Gasteiger charge is -2.26. The first-order valence-corrected chi connectivity index (χ1v) is 7.65. The normalized spacial score (nSPS) is 23.5. The molecule has 1 fully saturated rings. The topological polar surface area (TPSA) is 21.3 Å². The van der Waals surface area contributed by atoms with Gasteiger partial charge >= 0.3 is 0 Å². The Bertz CT molecular complexity index is 554. The third-order valence-corrected chi connectivity index (χ3v) is 4.57. The number of hydrogen-bond donors (Lipinski definition) is 1. The smallest absolute Gasteiger partial charge is 0.0976 e. The molecule has 1 aliphatic rings. The Labute approximate surface area is 127 Å². The van der Waals surface area contributed by atoms with Crippen molar-refractivity contribution >= 4 is 0 Å². The van der Waals surface area contributed by atoms with Gasteiger partial charge in [0.05, 0.1) is 6.10 Å². The van der Waals surface area contributed by atoms with E-state index in [0.29, 0.717) is 17.9 Å². The van der Waals surface area contributed by atoms with E-state index >= 15 is 0 Å². The first-order chi connectivity index (χ1) is 10.3. The SMILES string of the molecule is CNC(C(OC)c1ccccc1)C1CC1c1ccccc1. The lowest BCUT2D eigenvalue weighted by Crippen LogP contribution is -2.35. The molecule has 0 aromatic heterocycles. The molecule has 1 saturated carbocycles. The molecule has 0 spiro atoms. The van der Waals surface area contributed by atoms with Crippen molar-refractivity contribution in [2.75, 3.05) is 14.2 Å². The summed E-state index contributed by atoms with van der Waals surface area (Å²) in [5.74, 6) is 1.30. The minimum Gasteiger partial charge on any atom is -0.375 e. The highest BCUT2D eigenvalue weighted by Crippen LogP contribution is 2.52. The number of ether oxygens (including phenoxy) is 1. The molecule has 2 heteroatoms. The predicted molar refractivity (Wildman–Crippen MR) is 86.3 cm³/mol. The molecule has 1 aliphatic carbocycles. The summed E-state index contributed by atoms with van der Waals surface area (Å²) in [5, 5.41) is 3.49.